The van der Waals surface area contributed by atoms with Crippen molar-refractivity contribution in [2.24, 2.45) is 5.41 Å². The van der Waals surface area contributed by atoms with Crippen LogP contribution >= 0.6 is 0 Å². The van der Waals surface area contributed by atoms with Gasteiger partial charge in [-0.1, -0.05) is 129 Å². The molecule has 0 N–H and O–H groups in total. The molecule has 1 unspecified atom stereocenters. The van der Waals surface area contributed by atoms with Gasteiger partial charge in [0, 0.05) is 11.3 Å². The van der Waals surface area contributed by atoms with Gasteiger partial charge in [0.2, 0.25) is 0 Å². The van der Waals surface area contributed by atoms with Crippen LogP contribution in [0.1, 0.15) is 47.6 Å². The molecule has 0 nitrogen and oxygen atoms in total. The van der Waals surface area contributed by atoms with Crippen molar-refractivity contribution < 1.29 is 0 Å². The Balaban J connectivity index is 1.59. The van der Waals surface area contributed by atoms with Crippen LogP contribution < -0.4 is 0 Å². The maximum atomic E-state index is 2.51. The van der Waals surface area contributed by atoms with E-state index in [9.17, 15) is 0 Å². The highest BCUT2D eigenvalue weighted by atomic mass is 14.6. The molecule has 2 aliphatic carbocycles. The molecule has 1 atom stereocenters. The van der Waals surface area contributed by atoms with E-state index in [4.69, 9.17) is 0 Å². The normalized spacial score (nSPS) is 18.9. The molecule has 2 aliphatic rings. The molecule has 0 saturated heterocycles. The van der Waals surface area contributed by atoms with Gasteiger partial charge in [-0.15, -0.1) is 0 Å². The number of benzene rings is 4. The Morgan fingerprint density at radius 3 is 1.91 bits per heavy atom. The Morgan fingerprint density at radius 2 is 1.22 bits per heavy atom. The Bertz CT molecular complexity index is 1280. The molecule has 156 valence electrons. The van der Waals surface area contributed by atoms with Gasteiger partial charge in [-0.3, -0.25) is 0 Å². The minimum atomic E-state index is -0.0970. The number of allylic oxidation sites excluding steroid dienone is 1. The Labute approximate surface area is 191 Å². The second kappa shape index (κ2) is 7.07. The molecule has 0 aliphatic heterocycles. The first kappa shape index (κ1) is 19.3. The van der Waals surface area contributed by atoms with E-state index in [1.54, 1.807) is 0 Å². The minimum Gasteiger partial charge on any atom is -0.0724 e. The third kappa shape index (κ3) is 2.62. The van der Waals surface area contributed by atoms with Crippen LogP contribution in [0.2, 0.25) is 0 Å². The van der Waals surface area contributed by atoms with E-state index < -0.39 is 0 Å². The van der Waals surface area contributed by atoms with Crippen molar-refractivity contribution in [3.63, 3.8) is 0 Å². The summed E-state index contributed by atoms with van der Waals surface area (Å²) in [6, 6.07) is 38.1. The summed E-state index contributed by atoms with van der Waals surface area (Å²) in [7, 11) is 0. The van der Waals surface area contributed by atoms with Crippen molar-refractivity contribution in [2.75, 3.05) is 0 Å². The maximum absolute atomic E-state index is 2.51. The zero-order valence-electron chi connectivity index (χ0n) is 18.8. The van der Waals surface area contributed by atoms with Crippen LogP contribution in [0.15, 0.2) is 109 Å². The largest absolute Gasteiger partial charge is 0.0724 e. The first-order valence-corrected chi connectivity index (χ1v) is 11.6. The molecule has 0 bridgehead atoms. The Kier molecular flexibility index (Phi) is 4.27. The van der Waals surface area contributed by atoms with E-state index in [0.29, 0.717) is 5.92 Å². The summed E-state index contributed by atoms with van der Waals surface area (Å²) in [5.74, 6) is 0.328. The van der Waals surface area contributed by atoms with E-state index in [-0.39, 0.29) is 10.8 Å². The number of rotatable bonds is 4. The fourth-order valence-electron chi connectivity index (χ4n) is 6.42. The molecule has 0 radical (unpaired) electrons. The van der Waals surface area contributed by atoms with Crippen LogP contribution in [-0.4, -0.2) is 0 Å². The second-order valence-electron chi connectivity index (χ2n) is 9.88. The summed E-state index contributed by atoms with van der Waals surface area (Å²) >= 11 is 0. The van der Waals surface area contributed by atoms with Crippen molar-refractivity contribution in [2.45, 2.75) is 31.6 Å². The highest BCUT2D eigenvalue weighted by molar-refractivity contribution is 5.80. The lowest BCUT2D eigenvalue weighted by Gasteiger charge is -2.49. The van der Waals surface area contributed by atoms with Crippen molar-refractivity contribution in [1.29, 1.82) is 0 Å². The molecule has 0 amide bonds. The van der Waals surface area contributed by atoms with Crippen LogP contribution in [-0.2, 0) is 11.8 Å². The number of hydrogen-bond acceptors (Lipinski definition) is 0. The first-order chi connectivity index (χ1) is 15.6. The van der Waals surface area contributed by atoms with Gasteiger partial charge in [0.25, 0.3) is 0 Å². The molecule has 6 rings (SSSR count). The predicted octanol–water partition coefficient (Wildman–Crippen LogP) is 8.03. The summed E-state index contributed by atoms with van der Waals surface area (Å²) in [5.41, 5.74) is 9.77. The van der Waals surface area contributed by atoms with Gasteiger partial charge < -0.3 is 0 Å². The quantitative estimate of drug-likeness (QED) is 0.318. The van der Waals surface area contributed by atoms with Gasteiger partial charge in [0.05, 0.1) is 0 Å². The van der Waals surface area contributed by atoms with Gasteiger partial charge in [-0.25, -0.2) is 0 Å². The van der Waals surface area contributed by atoms with Crippen molar-refractivity contribution in [3.05, 3.63) is 137 Å². The fraction of sp³-hybridized carbons (Fsp3) is 0.188. The predicted molar refractivity (Wildman–Crippen MR) is 135 cm³/mol. The van der Waals surface area contributed by atoms with Crippen molar-refractivity contribution in [1.82, 2.24) is 0 Å². The third-order valence-corrected chi connectivity index (χ3v) is 8.02. The average molecular weight is 413 g/mol. The molecule has 32 heavy (non-hydrogen) atoms. The third-order valence-electron chi connectivity index (χ3n) is 8.02. The summed E-state index contributed by atoms with van der Waals surface area (Å²) < 4.78 is 0. The smallest absolute Gasteiger partial charge is 0.0241 e. The molecule has 4 aromatic carbocycles. The van der Waals surface area contributed by atoms with Crippen LogP contribution in [0.25, 0.3) is 17.2 Å². The van der Waals surface area contributed by atoms with Crippen LogP contribution in [0.5, 0.6) is 0 Å². The molecule has 0 saturated carbocycles. The van der Waals surface area contributed by atoms with Gasteiger partial charge in [0.1, 0.15) is 0 Å². The average Bonchev–Trinajstić information content (AvgIpc) is 3.37. The van der Waals surface area contributed by atoms with E-state index in [1.165, 1.54) is 38.9 Å². The van der Waals surface area contributed by atoms with Crippen LogP contribution in [0.4, 0.5) is 0 Å². The molecule has 0 fully saturated rings. The molecule has 0 spiro atoms. The van der Waals surface area contributed by atoms with Gasteiger partial charge in [0.15, 0.2) is 0 Å². The van der Waals surface area contributed by atoms with Crippen LogP contribution in [0, 0.1) is 5.41 Å². The summed E-state index contributed by atoms with van der Waals surface area (Å²) in [5, 5.41) is 0. The van der Waals surface area contributed by atoms with E-state index in [0.717, 1.165) is 6.42 Å². The van der Waals surface area contributed by atoms with Gasteiger partial charge in [-0.05, 0) is 50.8 Å². The zero-order chi connectivity index (χ0) is 21.8. The Morgan fingerprint density at radius 1 is 0.656 bits per heavy atom. The number of hydrogen-bond donors (Lipinski definition) is 0. The highest BCUT2D eigenvalue weighted by Crippen LogP contribution is 2.62. The highest BCUT2D eigenvalue weighted by Gasteiger charge is 2.53. The zero-order valence-corrected chi connectivity index (χ0v) is 18.8. The van der Waals surface area contributed by atoms with E-state index in [2.05, 4.69) is 129 Å². The van der Waals surface area contributed by atoms with Crippen LogP contribution in [0.3, 0.4) is 0 Å². The lowest BCUT2D eigenvalue weighted by atomic mass is 9.53. The maximum Gasteiger partial charge on any atom is 0.0241 e. The van der Waals surface area contributed by atoms with E-state index >= 15 is 0 Å². The minimum absolute atomic E-state index is 0.0470. The summed E-state index contributed by atoms with van der Waals surface area (Å²) in [4.78, 5) is 0. The topological polar surface area (TPSA) is 0 Å². The number of fused-ring (bicyclic) bond motifs is 4. The van der Waals surface area contributed by atoms with E-state index in [1.807, 2.05) is 0 Å². The van der Waals surface area contributed by atoms with Gasteiger partial charge in [-0.2, -0.15) is 0 Å². The molecule has 0 aromatic heterocycles. The first-order valence-electron chi connectivity index (χ1n) is 11.6. The molecule has 4 aromatic rings. The Hall–Kier alpha value is -3.38. The fourth-order valence-corrected chi connectivity index (χ4v) is 6.42. The molecular formula is C32H28. The second-order valence-corrected chi connectivity index (χ2v) is 9.88. The summed E-state index contributed by atoms with van der Waals surface area (Å²) in [6.45, 7) is 4.98. The lowest BCUT2D eigenvalue weighted by molar-refractivity contribution is 0.182. The SMILES string of the molecule is CC(C)(C1c2ccccc2-c2ccccc21)C1(Cc2ccccc2)C=Cc2ccccc21. The molecule has 0 heterocycles. The van der Waals surface area contributed by atoms with Crippen molar-refractivity contribution in [3.8, 4) is 11.1 Å². The summed E-state index contributed by atoms with van der Waals surface area (Å²) in [6.07, 6.45) is 5.86. The molecular weight excluding hydrogens is 384 g/mol. The standard InChI is InChI=1S/C32H28/c1-31(2,30-27-17-9-7-15-25(27)26-16-8-10-18-28(26)30)32(22-23-12-4-3-5-13-23)21-20-24-14-6-11-19-29(24)32/h3-21,30H,22H2,1-2H3. The van der Waals surface area contributed by atoms with Crippen molar-refractivity contribution >= 4 is 6.08 Å². The lowest BCUT2D eigenvalue weighted by Crippen LogP contribution is -2.45. The monoisotopic (exact) mass is 412 g/mol. The molecule has 0 heteroatoms. The van der Waals surface area contributed by atoms with Gasteiger partial charge >= 0.3 is 0 Å².